The van der Waals surface area contributed by atoms with Gasteiger partial charge in [-0.3, -0.25) is 10.1 Å². The van der Waals surface area contributed by atoms with E-state index in [1.54, 1.807) is 12.1 Å². The number of allylic oxidation sites excluding steroid dienone is 1. The quantitative estimate of drug-likeness (QED) is 0.467. The van der Waals surface area contributed by atoms with Crippen molar-refractivity contribution in [3.8, 4) is 11.5 Å². The van der Waals surface area contributed by atoms with Crippen LogP contribution in [0.2, 0.25) is 0 Å². The van der Waals surface area contributed by atoms with Gasteiger partial charge in [-0.2, -0.15) is 0 Å². The Hall–Kier alpha value is -2.04. The number of nitro benzene ring substituents is 1. The van der Waals surface area contributed by atoms with E-state index in [4.69, 9.17) is 9.47 Å². The lowest BCUT2D eigenvalue weighted by atomic mass is 10.1. The van der Waals surface area contributed by atoms with Crippen molar-refractivity contribution in [3.05, 3.63) is 40.5 Å². The number of nitro groups is 1. The summed E-state index contributed by atoms with van der Waals surface area (Å²) >= 11 is 0. The van der Waals surface area contributed by atoms with Crippen LogP contribution in [0.5, 0.6) is 11.5 Å². The number of benzene rings is 1. The van der Waals surface area contributed by atoms with Gasteiger partial charge in [-0.15, -0.1) is 6.58 Å². The molecule has 0 saturated heterocycles. The molecule has 1 atom stereocenters. The summed E-state index contributed by atoms with van der Waals surface area (Å²) < 4.78 is 11.3. The van der Waals surface area contributed by atoms with Crippen LogP contribution in [-0.4, -0.2) is 17.6 Å². The number of nitrogens with zero attached hydrogens (tertiary/aromatic N) is 1. The van der Waals surface area contributed by atoms with Gasteiger partial charge >= 0.3 is 0 Å². The number of fused-ring (bicyclic) bond motifs is 1. The Bertz CT molecular complexity index is 484. The summed E-state index contributed by atoms with van der Waals surface area (Å²) in [6.07, 6.45) is 2.76. The third-order valence-electron chi connectivity index (χ3n) is 2.91. The molecule has 0 amide bonds. The van der Waals surface area contributed by atoms with Crippen molar-refractivity contribution < 1.29 is 14.4 Å². The lowest BCUT2D eigenvalue weighted by molar-refractivity contribution is -0.385. The summed E-state index contributed by atoms with van der Waals surface area (Å²) in [6, 6.07) is 3.04. The molecule has 96 valence electrons. The maximum absolute atomic E-state index is 11.0. The fraction of sp³-hybridized carbons (Fsp3) is 0.385. The molecule has 0 spiro atoms. The van der Waals surface area contributed by atoms with Crippen molar-refractivity contribution in [2.75, 3.05) is 6.61 Å². The van der Waals surface area contributed by atoms with Crippen molar-refractivity contribution in [2.45, 2.75) is 25.9 Å². The molecule has 5 nitrogen and oxygen atoms in total. The van der Waals surface area contributed by atoms with E-state index in [1.807, 2.05) is 6.92 Å². The monoisotopic (exact) mass is 249 g/mol. The van der Waals surface area contributed by atoms with Gasteiger partial charge in [0.2, 0.25) is 0 Å². The van der Waals surface area contributed by atoms with Crippen LogP contribution < -0.4 is 9.47 Å². The number of hydrogen-bond donors (Lipinski definition) is 0. The third kappa shape index (κ3) is 2.16. The lowest BCUT2D eigenvalue weighted by Gasteiger charge is -2.27. The molecule has 0 radical (unpaired) electrons. The Kier molecular flexibility index (Phi) is 3.50. The first-order valence-corrected chi connectivity index (χ1v) is 5.88. The van der Waals surface area contributed by atoms with Gasteiger partial charge in [0, 0.05) is 12.5 Å². The van der Waals surface area contributed by atoms with Crippen molar-refractivity contribution in [1.29, 1.82) is 0 Å². The topological polar surface area (TPSA) is 61.6 Å². The average molecular weight is 249 g/mol. The van der Waals surface area contributed by atoms with Crippen molar-refractivity contribution in [1.82, 2.24) is 0 Å². The molecule has 1 heterocycles. The zero-order valence-electron chi connectivity index (χ0n) is 10.2. The Morgan fingerprint density at radius 1 is 1.61 bits per heavy atom. The molecule has 0 fully saturated rings. The molecule has 0 N–H and O–H groups in total. The molecule has 0 aliphatic carbocycles. The number of ether oxygens (including phenoxy) is 2. The molecule has 0 bridgehead atoms. The van der Waals surface area contributed by atoms with E-state index in [-0.39, 0.29) is 11.8 Å². The van der Waals surface area contributed by atoms with Gasteiger partial charge in [0.15, 0.2) is 11.5 Å². The van der Waals surface area contributed by atoms with Gasteiger partial charge in [-0.1, -0.05) is 13.0 Å². The fourth-order valence-corrected chi connectivity index (χ4v) is 1.94. The highest BCUT2D eigenvalue weighted by Crippen LogP contribution is 2.40. The maximum atomic E-state index is 11.0. The summed E-state index contributed by atoms with van der Waals surface area (Å²) in [4.78, 5) is 10.6. The van der Waals surface area contributed by atoms with Gasteiger partial charge in [0.1, 0.15) is 12.7 Å². The van der Waals surface area contributed by atoms with Crippen LogP contribution >= 0.6 is 0 Å². The van der Waals surface area contributed by atoms with Crippen LogP contribution in [0.25, 0.3) is 0 Å². The van der Waals surface area contributed by atoms with Gasteiger partial charge in [0.25, 0.3) is 5.69 Å². The van der Waals surface area contributed by atoms with Crippen molar-refractivity contribution >= 4 is 5.69 Å². The van der Waals surface area contributed by atoms with Crippen LogP contribution in [0.3, 0.4) is 0 Å². The molecule has 1 aromatic rings. The minimum atomic E-state index is -0.405. The summed E-state index contributed by atoms with van der Waals surface area (Å²) in [7, 11) is 0. The predicted octanol–water partition coefficient (Wildman–Crippen LogP) is 2.87. The van der Waals surface area contributed by atoms with Gasteiger partial charge < -0.3 is 9.47 Å². The number of hydrogen-bond acceptors (Lipinski definition) is 4. The molecule has 0 aromatic heterocycles. The van der Waals surface area contributed by atoms with Crippen LogP contribution in [0.1, 0.15) is 18.9 Å². The minimum absolute atomic E-state index is 0.0500. The van der Waals surface area contributed by atoms with Gasteiger partial charge in [-0.25, -0.2) is 0 Å². The Balaban J connectivity index is 2.50. The van der Waals surface area contributed by atoms with Crippen LogP contribution in [0.15, 0.2) is 24.8 Å². The summed E-state index contributed by atoms with van der Waals surface area (Å²) in [5.41, 5.74) is 0.583. The minimum Gasteiger partial charge on any atom is -0.486 e. The van der Waals surface area contributed by atoms with Gasteiger partial charge in [-0.05, 0) is 12.5 Å². The average Bonchev–Trinajstić information content (AvgIpc) is 2.38. The third-order valence-corrected chi connectivity index (χ3v) is 2.91. The van der Waals surface area contributed by atoms with E-state index < -0.39 is 4.92 Å². The molecule has 5 heteroatoms. The van der Waals surface area contributed by atoms with Crippen molar-refractivity contribution in [3.63, 3.8) is 0 Å². The van der Waals surface area contributed by atoms with E-state index in [2.05, 4.69) is 6.58 Å². The second-order valence-electron chi connectivity index (χ2n) is 4.10. The highest BCUT2D eigenvalue weighted by molar-refractivity contribution is 5.58. The molecular formula is C13H15NO4. The van der Waals surface area contributed by atoms with Crippen LogP contribution in [0, 0.1) is 10.1 Å². The second-order valence-corrected chi connectivity index (χ2v) is 4.10. The first-order valence-electron chi connectivity index (χ1n) is 5.88. The largest absolute Gasteiger partial charge is 0.486 e. The normalized spacial score (nSPS) is 17.3. The Morgan fingerprint density at radius 2 is 2.39 bits per heavy atom. The molecule has 18 heavy (non-hydrogen) atoms. The highest BCUT2D eigenvalue weighted by Gasteiger charge is 2.27. The van der Waals surface area contributed by atoms with Crippen LogP contribution in [0.4, 0.5) is 5.69 Å². The SMILES string of the molecule is C=CCc1c([N+](=O)[O-])ccc2c1OC(CC)CO2. The summed E-state index contributed by atoms with van der Waals surface area (Å²) in [5, 5.41) is 11.0. The fourth-order valence-electron chi connectivity index (χ4n) is 1.94. The first-order chi connectivity index (χ1) is 8.67. The zero-order chi connectivity index (χ0) is 13.1. The lowest BCUT2D eigenvalue weighted by Crippen LogP contribution is -2.29. The van der Waals surface area contributed by atoms with Crippen LogP contribution in [-0.2, 0) is 6.42 Å². The van der Waals surface area contributed by atoms with E-state index in [9.17, 15) is 10.1 Å². The summed E-state index contributed by atoms with van der Waals surface area (Å²) in [5.74, 6) is 1.06. The number of rotatable bonds is 4. The molecule has 1 aromatic carbocycles. The highest BCUT2D eigenvalue weighted by atomic mass is 16.6. The molecule has 2 rings (SSSR count). The van der Waals surface area contributed by atoms with E-state index in [0.29, 0.717) is 30.1 Å². The van der Waals surface area contributed by atoms with Crippen molar-refractivity contribution in [2.24, 2.45) is 0 Å². The Labute approximate surface area is 105 Å². The van der Waals surface area contributed by atoms with E-state index in [0.717, 1.165) is 6.42 Å². The standard InChI is InChI=1S/C13H15NO4/c1-3-5-10-11(14(15)16)6-7-12-13(10)18-9(4-2)8-17-12/h3,6-7,9H,1,4-5,8H2,2H3. The molecular weight excluding hydrogens is 234 g/mol. The molecule has 1 aliphatic rings. The predicted molar refractivity (Wildman–Crippen MR) is 67.2 cm³/mol. The smallest absolute Gasteiger partial charge is 0.276 e. The van der Waals surface area contributed by atoms with Gasteiger partial charge in [0.05, 0.1) is 10.5 Å². The Morgan fingerprint density at radius 3 is 3.00 bits per heavy atom. The molecule has 1 aliphatic heterocycles. The molecule has 1 unspecified atom stereocenters. The molecule has 0 saturated carbocycles. The van der Waals surface area contributed by atoms with E-state index in [1.165, 1.54) is 6.07 Å². The first kappa shape index (κ1) is 12.4. The zero-order valence-corrected chi connectivity index (χ0v) is 10.2. The maximum Gasteiger partial charge on any atom is 0.276 e. The van der Waals surface area contributed by atoms with E-state index >= 15 is 0 Å². The second kappa shape index (κ2) is 5.08. The summed E-state index contributed by atoms with van der Waals surface area (Å²) in [6.45, 7) is 6.10.